The lowest BCUT2D eigenvalue weighted by Gasteiger charge is -2.38. The zero-order valence-corrected chi connectivity index (χ0v) is 12.7. The minimum Gasteiger partial charge on any atom is -0.294 e. The van der Waals surface area contributed by atoms with Crippen LogP contribution in [-0.4, -0.2) is 34.5 Å². The number of hydrogen-bond donors (Lipinski definition) is 0. The van der Waals surface area contributed by atoms with E-state index in [0.717, 1.165) is 12.1 Å². The smallest absolute Gasteiger partial charge is 0.169 e. The number of nitrogens with zero attached hydrogens (tertiary/aromatic N) is 2. The summed E-state index contributed by atoms with van der Waals surface area (Å²) in [5, 5.41) is 3.60. The molecule has 0 amide bonds. The van der Waals surface area contributed by atoms with Crippen molar-refractivity contribution < 1.29 is 13.2 Å². The predicted octanol–water partition coefficient (Wildman–Crippen LogP) is 1.66. The lowest BCUT2D eigenvalue weighted by Crippen LogP contribution is -2.45. The average Bonchev–Trinajstić information content (AvgIpc) is 2.66. The first-order valence-corrected chi connectivity index (χ1v) is 8.77. The molecular weight excluding hydrogens is 276 g/mol. The highest BCUT2D eigenvalue weighted by atomic mass is 32.2. The summed E-state index contributed by atoms with van der Waals surface area (Å²) in [6, 6.07) is 0. The fraction of sp³-hybridized carbons (Fsp3) is 0.714. The first kappa shape index (κ1) is 13.8. The van der Waals surface area contributed by atoms with E-state index in [4.69, 9.17) is 0 Å². The molecule has 0 spiro atoms. The van der Waals surface area contributed by atoms with Crippen LogP contribution >= 0.6 is 0 Å². The zero-order chi connectivity index (χ0) is 14.5. The molecule has 0 saturated carbocycles. The molecule has 0 radical (unpaired) electrons. The van der Waals surface area contributed by atoms with Gasteiger partial charge in [-0.3, -0.25) is 9.48 Å². The van der Waals surface area contributed by atoms with Crippen molar-refractivity contribution in [2.24, 2.45) is 13.0 Å². The van der Waals surface area contributed by atoms with Crippen molar-refractivity contribution in [1.82, 2.24) is 9.78 Å². The molecule has 2 aliphatic rings. The molecule has 3 heterocycles. The average molecular weight is 296 g/mol. The van der Waals surface area contributed by atoms with Gasteiger partial charge in [-0.25, -0.2) is 8.42 Å². The molecule has 2 saturated heterocycles. The van der Waals surface area contributed by atoms with E-state index in [-0.39, 0.29) is 22.2 Å². The second-order valence-electron chi connectivity index (χ2n) is 6.10. The van der Waals surface area contributed by atoms with Crippen LogP contribution in [0.1, 0.15) is 48.2 Å². The largest absolute Gasteiger partial charge is 0.294 e. The number of Topliss-reactive ketones (excluding diaryl/α,β-unsaturated/α-hetero) is 1. The highest BCUT2D eigenvalue weighted by Crippen LogP contribution is 2.40. The maximum atomic E-state index is 12.6. The first-order chi connectivity index (χ1) is 9.39. The summed E-state index contributed by atoms with van der Waals surface area (Å²) in [5.41, 5.74) is 1.38. The molecule has 6 heteroatoms. The zero-order valence-electron chi connectivity index (χ0n) is 11.9. The Bertz CT molecular complexity index is 627. The fourth-order valence-corrected chi connectivity index (χ4v) is 6.22. The van der Waals surface area contributed by atoms with E-state index in [0.29, 0.717) is 31.2 Å². The number of rotatable bonds is 2. The molecule has 0 aromatic carbocycles. The summed E-state index contributed by atoms with van der Waals surface area (Å²) >= 11 is 0. The Morgan fingerprint density at radius 1 is 1.30 bits per heavy atom. The van der Waals surface area contributed by atoms with Gasteiger partial charge in [0.15, 0.2) is 15.6 Å². The quantitative estimate of drug-likeness (QED) is 0.778. The summed E-state index contributed by atoms with van der Waals surface area (Å²) in [6.07, 6.45) is 5.14. The first-order valence-electron chi connectivity index (χ1n) is 7.16. The number of hydrogen-bond acceptors (Lipinski definition) is 4. The van der Waals surface area contributed by atoms with Gasteiger partial charge in [0.25, 0.3) is 0 Å². The summed E-state index contributed by atoms with van der Waals surface area (Å²) in [5.74, 6) is -0.0841. The number of aryl methyl sites for hydroxylation is 2. The van der Waals surface area contributed by atoms with Gasteiger partial charge >= 0.3 is 0 Å². The topological polar surface area (TPSA) is 69.0 Å². The minimum absolute atomic E-state index is 0.0717. The fourth-order valence-electron chi connectivity index (χ4n) is 3.68. The van der Waals surface area contributed by atoms with E-state index in [1.165, 1.54) is 0 Å². The number of sulfone groups is 1. The van der Waals surface area contributed by atoms with Gasteiger partial charge in [0, 0.05) is 19.2 Å². The summed E-state index contributed by atoms with van der Waals surface area (Å²) in [4.78, 5) is 12.6. The van der Waals surface area contributed by atoms with Crippen molar-refractivity contribution in [3.05, 3.63) is 17.5 Å². The Morgan fingerprint density at radius 2 is 1.90 bits per heavy atom. The molecule has 2 atom stereocenters. The highest BCUT2D eigenvalue weighted by Gasteiger charge is 2.46. The third-order valence-electron chi connectivity index (χ3n) is 4.73. The molecule has 5 nitrogen and oxygen atoms in total. The van der Waals surface area contributed by atoms with Crippen molar-refractivity contribution in [1.29, 1.82) is 0 Å². The van der Waals surface area contributed by atoms with Crippen molar-refractivity contribution in [3.63, 3.8) is 0 Å². The maximum Gasteiger partial charge on any atom is 0.169 e. The molecule has 2 aliphatic heterocycles. The van der Waals surface area contributed by atoms with Crippen molar-refractivity contribution in [3.8, 4) is 0 Å². The van der Waals surface area contributed by atoms with E-state index in [1.54, 1.807) is 17.9 Å². The monoisotopic (exact) mass is 296 g/mol. The minimum atomic E-state index is -2.99. The predicted molar refractivity (Wildman–Crippen MR) is 75.3 cm³/mol. The second-order valence-corrected chi connectivity index (χ2v) is 8.61. The van der Waals surface area contributed by atoms with Crippen LogP contribution in [0.5, 0.6) is 0 Å². The van der Waals surface area contributed by atoms with E-state index >= 15 is 0 Å². The maximum absolute atomic E-state index is 12.6. The molecule has 20 heavy (non-hydrogen) atoms. The number of aromatic nitrogens is 2. The highest BCUT2D eigenvalue weighted by molar-refractivity contribution is 7.92. The van der Waals surface area contributed by atoms with E-state index in [2.05, 4.69) is 5.10 Å². The molecular formula is C14H20N2O3S. The normalized spacial score (nSPS) is 32.0. The SMILES string of the molecule is Cc1nn(C)cc1C(=O)C1CC2CCCC(C1)S2(=O)=O. The Morgan fingerprint density at radius 3 is 2.40 bits per heavy atom. The van der Waals surface area contributed by atoms with Gasteiger partial charge in [-0.1, -0.05) is 6.42 Å². The summed E-state index contributed by atoms with van der Waals surface area (Å²) in [6.45, 7) is 1.83. The standard InChI is InChI=1S/C14H20N2O3S/c1-9-13(8-16(2)15-9)14(17)10-6-11-4-3-5-12(7-10)20(11,18)19/h8,10-12H,3-7H2,1-2H3. The van der Waals surface area contributed by atoms with Gasteiger partial charge < -0.3 is 0 Å². The molecule has 110 valence electrons. The van der Waals surface area contributed by atoms with Crippen LogP contribution in [0.2, 0.25) is 0 Å². The number of ketones is 1. The van der Waals surface area contributed by atoms with Gasteiger partial charge in [0.05, 0.1) is 21.8 Å². The van der Waals surface area contributed by atoms with Crippen LogP contribution < -0.4 is 0 Å². The second kappa shape index (κ2) is 4.69. The third kappa shape index (κ3) is 2.10. The molecule has 1 aromatic rings. The molecule has 0 N–H and O–H groups in total. The van der Waals surface area contributed by atoms with Crippen LogP contribution in [0, 0.1) is 12.8 Å². The van der Waals surface area contributed by atoms with E-state index < -0.39 is 9.84 Å². The van der Waals surface area contributed by atoms with Crippen LogP contribution in [0.25, 0.3) is 0 Å². The Balaban J connectivity index is 1.86. The van der Waals surface area contributed by atoms with Crippen LogP contribution in [0.4, 0.5) is 0 Å². The Hall–Kier alpha value is -1.17. The third-order valence-corrected chi connectivity index (χ3v) is 7.44. The van der Waals surface area contributed by atoms with Gasteiger partial charge in [-0.15, -0.1) is 0 Å². The van der Waals surface area contributed by atoms with Gasteiger partial charge in [-0.05, 0) is 32.6 Å². The lowest BCUT2D eigenvalue weighted by atomic mass is 9.84. The number of carbonyl (C=O) groups excluding carboxylic acids is 1. The van der Waals surface area contributed by atoms with Crippen molar-refractivity contribution >= 4 is 15.6 Å². The van der Waals surface area contributed by atoms with Crippen LogP contribution in [0.3, 0.4) is 0 Å². The van der Waals surface area contributed by atoms with Crippen molar-refractivity contribution in [2.75, 3.05) is 0 Å². The molecule has 2 fully saturated rings. The molecule has 1 aromatic heterocycles. The lowest BCUT2D eigenvalue weighted by molar-refractivity contribution is 0.0893. The summed E-state index contributed by atoms with van der Waals surface area (Å²) < 4.78 is 26.1. The number of fused-ring (bicyclic) bond motifs is 2. The van der Waals surface area contributed by atoms with Gasteiger partial charge in [-0.2, -0.15) is 5.10 Å². The van der Waals surface area contributed by atoms with Gasteiger partial charge in [0.1, 0.15) is 0 Å². The molecule has 0 aliphatic carbocycles. The van der Waals surface area contributed by atoms with E-state index in [9.17, 15) is 13.2 Å². The Labute approximate surface area is 119 Å². The number of carbonyl (C=O) groups is 1. The molecule has 3 rings (SSSR count). The van der Waals surface area contributed by atoms with Gasteiger partial charge in [0.2, 0.25) is 0 Å². The van der Waals surface area contributed by atoms with Crippen LogP contribution in [-0.2, 0) is 16.9 Å². The molecule has 2 unspecified atom stereocenters. The van der Waals surface area contributed by atoms with Crippen LogP contribution in [0.15, 0.2) is 6.20 Å². The Kier molecular flexibility index (Phi) is 3.23. The summed E-state index contributed by atoms with van der Waals surface area (Å²) in [7, 11) is -1.20. The van der Waals surface area contributed by atoms with Crippen molar-refractivity contribution in [2.45, 2.75) is 49.5 Å². The van der Waals surface area contributed by atoms with E-state index in [1.807, 2.05) is 6.92 Å². The molecule has 2 bridgehead atoms.